The molecule has 0 aliphatic heterocycles. The van der Waals surface area contributed by atoms with Crippen LogP contribution in [-0.4, -0.2) is 28.4 Å². The average molecular weight is 400 g/mol. The number of hydrogen-bond acceptors (Lipinski definition) is 4. The average Bonchev–Trinajstić information content (AvgIpc) is 2.79. The molecule has 0 bridgehead atoms. The van der Waals surface area contributed by atoms with Gasteiger partial charge < -0.3 is 4.90 Å². The molecule has 1 atom stereocenters. The maximum Gasteiger partial charge on any atom is 0.239 e. The van der Waals surface area contributed by atoms with Crippen molar-refractivity contribution in [2.75, 3.05) is 11.9 Å². The van der Waals surface area contributed by atoms with Crippen molar-refractivity contribution in [3.8, 4) is 11.3 Å². The van der Waals surface area contributed by atoms with E-state index in [0.717, 1.165) is 32.7 Å². The van der Waals surface area contributed by atoms with Gasteiger partial charge in [0.05, 0.1) is 5.25 Å². The number of carbonyl (C=O) groups is 1. The fourth-order valence-corrected chi connectivity index (χ4v) is 4.23. The maximum absolute atomic E-state index is 12.9. The zero-order valence-corrected chi connectivity index (χ0v) is 17.1. The molecule has 1 heterocycles. The van der Waals surface area contributed by atoms with Gasteiger partial charge in [-0.2, -0.15) is 0 Å². The Morgan fingerprint density at radius 3 is 2.10 bits per heavy atom. The van der Waals surface area contributed by atoms with Gasteiger partial charge in [0.2, 0.25) is 5.91 Å². The highest BCUT2D eigenvalue weighted by molar-refractivity contribution is 8.00. The maximum atomic E-state index is 12.9. The Hall–Kier alpha value is -3.18. The fraction of sp³-hybridized carbons (Fsp3) is 0.125. The van der Waals surface area contributed by atoms with Crippen molar-refractivity contribution in [2.24, 2.45) is 0 Å². The van der Waals surface area contributed by atoms with E-state index in [1.54, 1.807) is 11.9 Å². The van der Waals surface area contributed by atoms with Gasteiger partial charge in [0.25, 0.3) is 0 Å². The highest BCUT2D eigenvalue weighted by atomic mass is 32.2. The Morgan fingerprint density at radius 2 is 1.41 bits per heavy atom. The fourth-order valence-electron chi connectivity index (χ4n) is 3.24. The first-order chi connectivity index (χ1) is 14.1. The summed E-state index contributed by atoms with van der Waals surface area (Å²) in [6.07, 6.45) is 0. The lowest BCUT2D eigenvalue weighted by atomic mass is 10.1. The van der Waals surface area contributed by atoms with Crippen molar-refractivity contribution < 1.29 is 4.79 Å². The molecule has 0 radical (unpaired) electrons. The van der Waals surface area contributed by atoms with Gasteiger partial charge >= 0.3 is 0 Å². The molecule has 0 spiro atoms. The molecular weight excluding hydrogens is 378 g/mol. The minimum Gasteiger partial charge on any atom is -0.315 e. The number of para-hydroxylation sites is 1. The Kier molecular flexibility index (Phi) is 5.58. The van der Waals surface area contributed by atoms with Gasteiger partial charge in [-0.3, -0.25) is 4.79 Å². The number of benzene rings is 3. The molecular formula is C24H21N3OS. The number of anilines is 1. The predicted octanol–water partition coefficient (Wildman–Crippen LogP) is 5.44. The van der Waals surface area contributed by atoms with E-state index in [2.05, 4.69) is 16.3 Å². The van der Waals surface area contributed by atoms with Crippen LogP contribution in [0, 0.1) is 0 Å². The van der Waals surface area contributed by atoms with Crippen LogP contribution in [0.1, 0.15) is 6.92 Å². The summed E-state index contributed by atoms with van der Waals surface area (Å²) >= 11 is 1.44. The van der Waals surface area contributed by atoms with E-state index in [0.29, 0.717) is 0 Å². The van der Waals surface area contributed by atoms with Crippen molar-refractivity contribution in [1.82, 2.24) is 10.2 Å². The van der Waals surface area contributed by atoms with E-state index >= 15 is 0 Å². The molecule has 0 aliphatic rings. The van der Waals surface area contributed by atoms with Crippen LogP contribution in [0.2, 0.25) is 0 Å². The summed E-state index contributed by atoms with van der Waals surface area (Å²) in [5, 5.41) is 11.5. The van der Waals surface area contributed by atoms with Gasteiger partial charge in [-0.1, -0.05) is 84.6 Å². The van der Waals surface area contributed by atoms with Crippen LogP contribution in [0.3, 0.4) is 0 Å². The van der Waals surface area contributed by atoms with E-state index in [9.17, 15) is 4.79 Å². The summed E-state index contributed by atoms with van der Waals surface area (Å²) < 4.78 is 0. The Morgan fingerprint density at radius 1 is 0.828 bits per heavy atom. The van der Waals surface area contributed by atoms with Gasteiger partial charge in [0.15, 0.2) is 0 Å². The van der Waals surface area contributed by atoms with Crippen molar-refractivity contribution in [1.29, 1.82) is 0 Å². The number of fused-ring (bicyclic) bond motifs is 1. The van der Waals surface area contributed by atoms with Crippen molar-refractivity contribution in [2.45, 2.75) is 17.2 Å². The van der Waals surface area contributed by atoms with E-state index in [1.165, 1.54) is 11.8 Å². The lowest BCUT2D eigenvalue weighted by Gasteiger charge is -2.21. The second-order valence-corrected chi connectivity index (χ2v) is 8.09. The summed E-state index contributed by atoms with van der Waals surface area (Å²) in [5.41, 5.74) is 2.76. The molecule has 29 heavy (non-hydrogen) atoms. The number of nitrogens with zero attached hydrogens (tertiary/aromatic N) is 3. The Balaban J connectivity index is 1.64. The SMILES string of the molecule is C[C@@H](Sc1nnc(-c2ccccc2)c2ccccc12)C(=O)N(C)c1ccccc1. The molecule has 0 N–H and O–H groups in total. The van der Waals surface area contributed by atoms with Gasteiger partial charge in [-0.15, -0.1) is 10.2 Å². The van der Waals surface area contributed by atoms with Gasteiger partial charge in [0.1, 0.15) is 10.7 Å². The Labute approximate surface area is 174 Å². The smallest absolute Gasteiger partial charge is 0.239 e. The summed E-state index contributed by atoms with van der Waals surface area (Å²) in [7, 11) is 1.80. The number of hydrogen-bond donors (Lipinski definition) is 0. The molecule has 1 aromatic heterocycles. The van der Waals surface area contributed by atoms with Crippen LogP contribution in [-0.2, 0) is 4.79 Å². The van der Waals surface area contributed by atoms with Crippen LogP contribution in [0.5, 0.6) is 0 Å². The first-order valence-electron chi connectivity index (χ1n) is 9.45. The molecule has 4 aromatic rings. The number of aromatic nitrogens is 2. The van der Waals surface area contributed by atoms with E-state index in [-0.39, 0.29) is 11.2 Å². The van der Waals surface area contributed by atoms with Gasteiger partial charge in [0, 0.05) is 29.1 Å². The zero-order chi connectivity index (χ0) is 20.2. The van der Waals surface area contributed by atoms with Crippen LogP contribution < -0.4 is 4.90 Å². The third-order valence-electron chi connectivity index (χ3n) is 4.81. The molecule has 0 saturated carbocycles. The van der Waals surface area contributed by atoms with Crippen molar-refractivity contribution in [3.63, 3.8) is 0 Å². The van der Waals surface area contributed by atoms with E-state index < -0.39 is 0 Å². The van der Waals surface area contributed by atoms with Crippen LogP contribution in [0.25, 0.3) is 22.0 Å². The van der Waals surface area contributed by atoms with Gasteiger partial charge in [-0.05, 0) is 19.1 Å². The lowest BCUT2D eigenvalue weighted by Crippen LogP contribution is -2.33. The van der Waals surface area contributed by atoms with E-state index in [4.69, 9.17) is 0 Å². The number of carbonyl (C=O) groups excluding carboxylic acids is 1. The topological polar surface area (TPSA) is 46.1 Å². The standard InChI is InChI=1S/C24H21N3OS/c1-17(24(28)27(2)19-13-7-4-8-14-19)29-23-21-16-10-9-15-20(21)22(25-26-23)18-11-5-3-6-12-18/h3-17H,1-2H3/t17-/m1/s1. The molecule has 0 aliphatic carbocycles. The quantitative estimate of drug-likeness (QED) is 0.419. The Bertz CT molecular complexity index is 1130. The normalized spacial score (nSPS) is 11.9. The minimum atomic E-state index is -0.291. The first-order valence-corrected chi connectivity index (χ1v) is 10.3. The predicted molar refractivity (Wildman–Crippen MR) is 120 cm³/mol. The molecule has 4 nitrogen and oxygen atoms in total. The largest absolute Gasteiger partial charge is 0.315 e. The third kappa shape index (κ3) is 4.00. The third-order valence-corrected chi connectivity index (χ3v) is 5.89. The van der Waals surface area contributed by atoms with E-state index in [1.807, 2.05) is 85.8 Å². The molecule has 0 fully saturated rings. The van der Waals surface area contributed by atoms with Gasteiger partial charge in [-0.25, -0.2) is 0 Å². The molecule has 144 valence electrons. The molecule has 1 amide bonds. The zero-order valence-electron chi connectivity index (χ0n) is 16.3. The molecule has 4 rings (SSSR count). The number of rotatable bonds is 5. The lowest BCUT2D eigenvalue weighted by molar-refractivity contribution is -0.117. The highest BCUT2D eigenvalue weighted by Crippen LogP contribution is 2.34. The second kappa shape index (κ2) is 8.45. The minimum absolute atomic E-state index is 0.0271. The van der Waals surface area contributed by atoms with Crippen molar-refractivity contribution >= 4 is 34.1 Å². The summed E-state index contributed by atoms with van der Waals surface area (Å²) in [6, 6.07) is 27.8. The van der Waals surface area contributed by atoms with Crippen LogP contribution in [0.15, 0.2) is 90.0 Å². The molecule has 0 saturated heterocycles. The van der Waals surface area contributed by atoms with Crippen molar-refractivity contribution in [3.05, 3.63) is 84.9 Å². The molecule has 5 heteroatoms. The molecule has 3 aromatic carbocycles. The summed E-state index contributed by atoms with van der Waals surface area (Å²) in [4.78, 5) is 14.6. The molecule has 0 unspecified atom stereocenters. The van der Waals surface area contributed by atoms with Crippen LogP contribution in [0.4, 0.5) is 5.69 Å². The highest BCUT2D eigenvalue weighted by Gasteiger charge is 2.22. The first kappa shape index (κ1) is 19.2. The van der Waals surface area contributed by atoms with Crippen LogP contribution >= 0.6 is 11.8 Å². The second-order valence-electron chi connectivity index (χ2n) is 6.76. The summed E-state index contributed by atoms with van der Waals surface area (Å²) in [6.45, 7) is 1.91. The monoisotopic (exact) mass is 399 g/mol. The number of thioether (sulfide) groups is 1. The number of amides is 1. The summed E-state index contributed by atoms with van der Waals surface area (Å²) in [5.74, 6) is 0.0271.